The Kier molecular flexibility index (Phi) is 3.95. The number of rotatable bonds is 3. The van der Waals surface area contributed by atoms with E-state index in [1.165, 1.54) is 12.1 Å². The van der Waals surface area contributed by atoms with Crippen molar-refractivity contribution in [1.82, 2.24) is 15.1 Å². The van der Waals surface area contributed by atoms with E-state index < -0.39 is 17.6 Å². The minimum absolute atomic E-state index is 0.268. The van der Waals surface area contributed by atoms with Crippen LogP contribution in [0.2, 0.25) is 0 Å². The van der Waals surface area contributed by atoms with E-state index in [1.54, 1.807) is 25.1 Å². The molecule has 1 amide bonds. The molecule has 0 radical (unpaired) electrons. The van der Waals surface area contributed by atoms with Crippen LogP contribution in [0.15, 0.2) is 47.0 Å². The molecule has 0 unspecified atom stereocenters. The quantitative estimate of drug-likeness (QED) is 0.548. The van der Waals surface area contributed by atoms with Crippen LogP contribution in [0.4, 0.5) is 13.2 Å². The highest BCUT2D eigenvalue weighted by molar-refractivity contribution is 6.04. The van der Waals surface area contributed by atoms with Crippen LogP contribution in [-0.4, -0.2) is 21.0 Å². The zero-order valence-electron chi connectivity index (χ0n) is 14.5. The summed E-state index contributed by atoms with van der Waals surface area (Å²) in [4.78, 5) is 19.0. The lowest BCUT2D eigenvalue weighted by Gasteiger charge is -2.06. The van der Waals surface area contributed by atoms with Crippen molar-refractivity contribution in [3.63, 3.8) is 0 Å². The molecule has 0 saturated carbocycles. The van der Waals surface area contributed by atoms with Gasteiger partial charge in [0.25, 0.3) is 5.91 Å². The third-order valence-corrected chi connectivity index (χ3v) is 4.40. The van der Waals surface area contributed by atoms with Crippen molar-refractivity contribution in [2.45, 2.75) is 13.1 Å². The number of aromatic nitrogens is 3. The monoisotopic (exact) mass is 386 g/mol. The Balaban J connectivity index is 1.76. The lowest BCUT2D eigenvalue weighted by molar-refractivity contribution is -0.137. The molecule has 6 nitrogen and oxygen atoms in total. The van der Waals surface area contributed by atoms with Gasteiger partial charge in [-0.1, -0.05) is 23.4 Å². The highest BCUT2D eigenvalue weighted by atomic mass is 19.4. The number of carbonyl (C=O) groups is 1. The minimum Gasteiger partial charge on any atom is -0.366 e. The summed E-state index contributed by atoms with van der Waals surface area (Å²) in [5.41, 5.74) is 7.35. The molecule has 0 aliphatic carbocycles. The number of alkyl halides is 3. The van der Waals surface area contributed by atoms with Gasteiger partial charge < -0.3 is 15.2 Å². The summed E-state index contributed by atoms with van der Waals surface area (Å²) in [6.07, 6.45) is -4.41. The van der Waals surface area contributed by atoms with Crippen molar-refractivity contribution >= 4 is 16.9 Å². The van der Waals surface area contributed by atoms with Crippen LogP contribution >= 0.6 is 0 Å². The summed E-state index contributed by atoms with van der Waals surface area (Å²) in [6.45, 7) is 1.72. The number of nitrogens with two attached hydrogens (primary N) is 1. The van der Waals surface area contributed by atoms with Gasteiger partial charge in [-0.2, -0.15) is 13.2 Å². The fraction of sp³-hybridized carbons (Fsp3) is 0.105. The number of para-hydroxylation sites is 1. The Hall–Kier alpha value is -3.62. The Morgan fingerprint density at radius 2 is 1.86 bits per heavy atom. The first-order valence-corrected chi connectivity index (χ1v) is 8.18. The average Bonchev–Trinajstić information content (AvgIpc) is 3.23. The second-order valence-electron chi connectivity index (χ2n) is 6.21. The Labute approximate surface area is 156 Å². The number of aromatic amines is 1. The minimum atomic E-state index is -4.41. The van der Waals surface area contributed by atoms with Gasteiger partial charge in [-0.05, 0) is 31.2 Å². The average molecular weight is 386 g/mol. The van der Waals surface area contributed by atoms with Crippen LogP contribution in [0.25, 0.3) is 33.9 Å². The van der Waals surface area contributed by atoms with Gasteiger partial charge in [0.1, 0.15) is 5.52 Å². The molecule has 2 aromatic carbocycles. The molecule has 0 aliphatic rings. The topological polar surface area (TPSA) is 97.8 Å². The zero-order valence-corrected chi connectivity index (χ0v) is 14.5. The van der Waals surface area contributed by atoms with Gasteiger partial charge in [0.2, 0.25) is 0 Å². The van der Waals surface area contributed by atoms with Crippen LogP contribution in [-0.2, 0) is 6.18 Å². The Morgan fingerprint density at radius 1 is 1.14 bits per heavy atom. The molecular weight excluding hydrogens is 373 g/mol. The molecule has 9 heteroatoms. The number of imidazole rings is 1. The number of amides is 1. The van der Waals surface area contributed by atoms with Gasteiger partial charge in [-0.25, -0.2) is 4.98 Å². The van der Waals surface area contributed by atoms with E-state index in [9.17, 15) is 18.0 Å². The van der Waals surface area contributed by atoms with E-state index in [0.717, 1.165) is 12.1 Å². The van der Waals surface area contributed by atoms with E-state index in [2.05, 4.69) is 15.1 Å². The third-order valence-electron chi connectivity index (χ3n) is 4.40. The first-order chi connectivity index (χ1) is 13.3. The number of nitrogens with zero attached hydrogens (tertiary/aromatic N) is 2. The molecule has 0 fully saturated rings. The summed E-state index contributed by atoms with van der Waals surface area (Å²) in [6, 6.07) is 9.60. The normalized spacial score (nSPS) is 11.9. The SMILES string of the molecule is Cc1c(-c2nc3c(C(N)=O)cccc3[nH]2)noc1-c1ccc(C(F)(F)F)cc1. The number of hydrogen-bond acceptors (Lipinski definition) is 4. The first kappa shape index (κ1) is 17.8. The largest absolute Gasteiger partial charge is 0.416 e. The van der Waals surface area contributed by atoms with E-state index in [-0.39, 0.29) is 5.56 Å². The van der Waals surface area contributed by atoms with Crippen LogP contribution in [0.5, 0.6) is 0 Å². The first-order valence-electron chi connectivity index (χ1n) is 8.18. The zero-order chi connectivity index (χ0) is 20.1. The maximum Gasteiger partial charge on any atom is 0.416 e. The number of nitrogens with one attached hydrogen (secondary N) is 1. The van der Waals surface area contributed by atoms with Crippen molar-refractivity contribution in [2.75, 3.05) is 0 Å². The van der Waals surface area contributed by atoms with Crippen molar-refractivity contribution in [2.24, 2.45) is 5.73 Å². The standard InChI is InChI=1S/C19H13F3N4O2/c1-9-14(18-24-13-4-2-3-12(17(23)27)15(13)25-18)26-28-16(9)10-5-7-11(8-6-10)19(20,21)22/h2-8H,1H3,(H2,23,27)(H,24,25). The molecule has 4 aromatic rings. The molecular formula is C19H13F3N4O2. The van der Waals surface area contributed by atoms with E-state index >= 15 is 0 Å². The number of halogens is 3. The molecule has 3 N–H and O–H groups in total. The molecule has 0 spiro atoms. The van der Waals surface area contributed by atoms with Gasteiger partial charge in [0.05, 0.1) is 16.6 Å². The summed E-state index contributed by atoms with van der Waals surface area (Å²) >= 11 is 0. The number of hydrogen-bond donors (Lipinski definition) is 2. The van der Waals surface area contributed by atoms with Gasteiger partial charge in [-0.15, -0.1) is 0 Å². The fourth-order valence-electron chi connectivity index (χ4n) is 2.98. The number of fused-ring (bicyclic) bond motifs is 1. The highest BCUT2D eigenvalue weighted by Gasteiger charge is 2.30. The highest BCUT2D eigenvalue weighted by Crippen LogP contribution is 2.34. The Bertz CT molecular complexity index is 1190. The molecule has 4 rings (SSSR count). The van der Waals surface area contributed by atoms with Crippen LogP contribution in [0.1, 0.15) is 21.5 Å². The summed E-state index contributed by atoms with van der Waals surface area (Å²) in [5.74, 6) is 0.0911. The molecule has 2 aromatic heterocycles. The molecule has 0 bridgehead atoms. The molecule has 0 aliphatic heterocycles. The number of carbonyl (C=O) groups excluding carboxylic acids is 1. The number of benzene rings is 2. The van der Waals surface area contributed by atoms with Crippen LogP contribution < -0.4 is 5.73 Å². The van der Waals surface area contributed by atoms with E-state index in [0.29, 0.717) is 39.4 Å². The predicted octanol–water partition coefficient (Wildman–Crippen LogP) is 4.31. The second-order valence-corrected chi connectivity index (χ2v) is 6.21. The Morgan fingerprint density at radius 3 is 2.50 bits per heavy atom. The van der Waals surface area contributed by atoms with Crippen molar-refractivity contribution < 1.29 is 22.5 Å². The molecule has 2 heterocycles. The van der Waals surface area contributed by atoms with Crippen molar-refractivity contribution in [3.8, 4) is 22.8 Å². The van der Waals surface area contributed by atoms with Gasteiger partial charge >= 0.3 is 6.18 Å². The van der Waals surface area contributed by atoms with E-state index in [4.69, 9.17) is 10.3 Å². The molecule has 0 saturated heterocycles. The van der Waals surface area contributed by atoms with E-state index in [1.807, 2.05) is 0 Å². The second kappa shape index (κ2) is 6.22. The number of primary amides is 1. The van der Waals surface area contributed by atoms with Gasteiger partial charge in [0, 0.05) is 11.1 Å². The molecule has 142 valence electrons. The fourth-order valence-corrected chi connectivity index (χ4v) is 2.98. The summed E-state index contributed by atoms with van der Waals surface area (Å²) in [7, 11) is 0. The smallest absolute Gasteiger partial charge is 0.366 e. The van der Waals surface area contributed by atoms with Gasteiger partial charge in [-0.3, -0.25) is 4.79 Å². The van der Waals surface area contributed by atoms with Crippen LogP contribution in [0, 0.1) is 6.92 Å². The third kappa shape index (κ3) is 2.90. The lowest BCUT2D eigenvalue weighted by atomic mass is 10.1. The summed E-state index contributed by atoms with van der Waals surface area (Å²) < 4.78 is 43.6. The van der Waals surface area contributed by atoms with Crippen molar-refractivity contribution in [1.29, 1.82) is 0 Å². The predicted molar refractivity (Wildman–Crippen MR) is 95.3 cm³/mol. The van der Waals surface area contributed by atoms with Crippen LogP contribution in [0.3, 0.4) is 0 Å². The maximum absolute atomic E-state index is 12.7. The maximum atomic E-state index is 12.7. The molecule has 28 heavy (non-hydrogen) atoms. The molecule has 0 atom stereocenters. The lowest BCUT2D eigenvalue weighted by Crippen LogP contribution is -2.11. The summed E-state index contributed by atoms with van der Waals surface area (Å²) in [5, 5.41) is 4.00. The van der Waals surface area contributed by atoms with Crippen molar-refractivity contribution in [3.05, 3.63) is 59.2 Å². The number of H-pyrrole nitrogens is 1. The van der Waals surface area contributed by atoms with Gasteiger partial charge in [0.15, 0.2) is 17.3 Å².